The number of nitrogens with zero attached hydrogens (tertiary/aromatic N) is 1. The van der Waals surface area contributed by atoms with E-state index in [0.29, 0.717) is 5.11 Å². The van der Waals surface area contributed by atoms with E-state index in [1.807, 2.05) is 47.4 Å². The van der Waals surface area contributed by atoms with E-state index in [0.717, 1.165) is 29.2 Å². The molecule has 0 radical (unpaired) electrons. The largest absolute Gasteiger partial charge is 0.495 e. The van der Waals surface area contributed by atoms with E-state index in [-0.39, 0.29) is 6.04 Å². The summed E-state index contributed by atoms with van der Waals surface area (Å²) in [5.41, 5.74) is 1.52. The molecule has 2 aromatic carbocycles. The molecule has 4 nitrogen and oxygen atoms in total. The molecule has 2 atom stereocenters. The van der Waals surface area contributed by atoms with Gasteiger partial charge in [0, 0.05) is 12.0 Å². The predicted octanol–water partition coefficient (Wildman–Crippen LogP) is 3.63. The highest BCUT2D eigenvalue weighted by molar-refractivity contribution is 7.80. The molecule has 0 aliphatic carbocycles. The molecule has 0 spiro atoms. The molecule has 2 unspecified atom stereocenters. The number of methoxy groups -OCH3 is 1. The van der Waals surface area contributed by atoms with Crippen molar-refractivity contribution in [1.82, 2.24) is 5.32 Å². The molecule has 2 heterocycles. The van der Waals surface area contributed by atoms with E-state index in [1.165, 1.54) is 0 Å². The number of hydrogen-bond donors (Lipinski definition) is 1. The van der Waals surface area contributed by atoms with Gasteiger partial charge in [-0.25, -0.2) is 0 Å². The Morgan fingerprint density at radius 2 is 1.96 bits per heavy atom. The number of anilines is 1. The topological polar surface area (TPSA) is 33.7 Å². The van der Waals surface area contributed by atoms with Crippen LogP contribution in [0.4, 0.5) is 5.69 Å². The van der Waals surface area contributed by atoms with Gasteiger partial charge in [0.2, 0.25) is 0 Å². The van der Waals surface area contributed by atoms with Crippen molar-refractivity contribution in [3.05, 3.63) is 54.1 Å². The van der Waals surface area contributed by atoms with Crippen molar-refractivity contribution in [2.45, 2.75) is 25.1 Å². The molecule has 2 aromatic rings. The molecule has 2 bridgehead atoms. The Labute approximate surface area is 141 Å². The van der Waals surface area contributed by atoms with Gasteiger partial charge in [0.15, 0.2) is 10.8 Å². The lowest BCUT2D eigenvalue weighted by Gasteiger charge is -2.52. The number of ether oxygens (including phenoxy) is 2. The van der Waals surface area contributed by atoms with Crippen molar-refractivity contribution < 1.29 is 9.47 Å². The van der Waals surface area contributed by atoms with Gasteiger partial charge in [0.05, 0.1) is 18.8 Å². The molecule has 1 fully saturated rings. The van der Waals surface area contributed by atoms with Crippen LogP contribution in [0, 0.1) is 0 Å². The number of hydrogen-bond acceptors (Lipinski definition) is 3. The van der Waals surface area contributed by atoms with Crippen molar-refractivity contribution in [2.75, 3.05) is 12.0 Å². The lowest BCUT2D eigenvalue weighted by Crippen LogP contribution is -2.65. The summed E-state index contributed by atoms with van der Waals surface area (Å²) in [4.78, 5) is 2.02. The first kappa shape index (κ1) is 14.3. The SMILES string of the molecule is COc1ccccc1N1C(=S)NC2CC1(C)Oc1ccccc12. The normalized spacial score (nSPS) is 25.2. The zero-order chi connectivity index (χ0) is 16.0. The Balaban J connectivity index is 1.83. The van der Waals surface area contributed by atoms with E-state index in [1.54, 1.807) is 7.11 Å². The highest BCUT2D eigenvalue weighted by atomic mass is 32.1. The maximum atomic E-state index is 6.37. The first-order valence-corrected chi connectivity index (χ1v) is 8.05. The van der Waals surface area contributed by atoms with Gasteiger partial charge in [-0.15, -0.1) is 0 Å². The van der Waals surface area contributed by atoms with Gasteiger partial charge in [-0.3, -0.25) is 4.90 Å². The molecular formula is C18H18N2O2S. The number of fused-ring (bicyclic) bond motifs is 4. The van der Waals surface area contributed by atoms with E-state index in [4.69, 9.17) is 21.7 Å². The zero-order valence-corrected chi connectivity index (χ0v) is 13.9. The molecule has 2 aliphatic rings. The van der Waals surface area contributed by atoms with Crippen LogP contribution in [0.1, 0.15) is 24.9 Å². The number of benzene rings is 2. The third-order valence-corrected chi connectivity index (χ3v) is 4.81. The Morgan fingerprint density at radius 1 is 1.22 bits per heavy atom. The van der Waals surface area contributed by atoms with Gasteiger partial charge in [-0.1, -0.05) is 30.3 Å². The fourth-order valence-corrected chi connectivity index (χ4v) is 3.94. The highest BCUT2D eigenvalue weighted by Crippen LogP contribution is 2.46. The first-order chi connectivity index (χ1) is 11.1. The van der Waals surface area contributed by atoms with Gasteiger partial charge >= 0.3 is 0 Å². The van der Waals surface area contributed by atoms with Gasteiger partial charge in [-0.2, -0.15) is 0 Å². The van der Waals surface area contributed by atoms with Crippen LogP contribution >= 0.6 is 12.2 Å². The molecule has 4 rings (SSSR count). The molecule has 118 valence electrons. The lowest BCUT2D eigenvalue weighted by atomic mass is 9.90. The van der Waals surface area contributed by atoms with Gasteiger partial charge < -0.3 is 14.8 Å². The fourth-order valence-electron chi connectivity index (χ4n) is 3.50. The van der Waals surface area contributed by atoms with Crippen LogP contribution in [0.5, 0.6) is 11.5 Å². The summed E-state index contributed by atoms with van der Waals surface area (Å²) in [6, 6.07) is 16.2. The zero-order valence-electron chi connectivity index (χ0n) is 13.1. The summed E-state index contributed by atoms with van der Waals surface area (Å²) < 4.78 is 11.9. The second kappa shape index (κ2) is 5.13. The van der Waals surface area contributed by atoms with Crippen molar-refractivity contribution >= 4 is 23.0 Å². The molecule has 0 saturated carbocycles. The number of thiocarbonyl (C=S) groups is 1. The van der Waals surface area contributed by atoms with Crippen molar-refractivity contribution in [3.63, 3.8) is 0 Å². The van der Waals surface area contributed by atoms with Crippen molar-refractivity contribution in [1.29, 1.82) is 0 Å². The third-order valence-electron chi connectivity index (χ3n) is 4.51. The second-order valence-electron chi connectivity index (χ2n) is 6.03. The smallest absolute Gasteiger partial charge is 0.188 e. The van der Waals surface area contributed by atoms with Gasteiger partial charge in [0.25, 0.3) is 0 Å². The summed E-state index contributed by atoms with van der Waals surface area (Å²) in [5.74, 6) is 1.68. The average Bonchev–Trinajstić information content (AvgIpc) is 2.54. The Bertz CT molecular complexity index is 779. The molecule has 0 amide bonds. The minimum Gasteiger partial charge on any atom is -0.495 e. The van der Waals surface area contributed by atoms with Gasteiger partial charge in [-0.05, 0) is 37.3 Å². The Hall–Kier alpha value is -2.27. The third kappa shape index (κ3) is 2.15. The Morgan fingerprint density at radius 3 is 2.78 bits per heavy atom. The number of nitrogens with one attached hydrogen (secondary N) is 1. The number of rotatable bonds is 2. The summed E-state index contributed by atoms with van der Waals surface area (Å²) in [6.45, 7) is 2.08. The predicted molar refractivity (Wildman–Crippen MR) is 94.0 cm³/mol. The highest BCUT2D eigenvalue weighted by Gasteiger charge is 2.48. The maximum absolute atomic E-state index is 6.37. The summed E-state index contributed by atoms with van der Waals surface area (Å²) >= 11 is 5.65. The summed E-state index contributed by atoms with van der Waals surface area (Å²) in [6.07, 6.45) is 0.808. The van der Waals surface area contributed by atoms with E-state index >= 15 is 0 Å². The van der Waals surface area contributed by atoms with E-state index in [2.05, 4.69) is 18.3 Å². The first-order valence-electron chi connectivity index (χ1n) is 7.64. The van der Waals surface area contributed by atoms with Crippen molar-refractivity contribution in [3.8, 4) is 11.5 Å². The van der Waals surface area contributed by atoms with Gasteiger partial charge in [0.1, 0.15) is 11.5 Å². The quantitative estimate of drug-likeness (QED) is 0.852. The Kier molecular flexibility index (Phi) is 3.20. The maximum Gasteiger partial charge on any atom is 0.188 e. The average molecular weight is 326 g/mol. The van der Waals surface area contributed by atoms with E-state index in [9.17, 15) is 0 Å². The van der Waals surface area contributed by atoms with Crippen LogP contribution in [0.25, 0.3) is 0 Å². The number of para-hydroxylation sites is 3. The van der Waals surface area contributed by atoms with Crippen LogP contribution in [0.15, 0.2) is 48.5 Å². The molecule has 5 heteroatoms. The fraction of sp³-hybridized carbons (Fsp3) is 0.278. The second-order valence-corrected chi connectivity index (χ2v) is 6.42. The van der Waals surface area contributed by atoms with Crippen LogP contribution in [-0.4, -0.2) is 17.9 Å². The minimum absolute atomic E-state index is 0.170. The van der Waals surface area contributed by atoms with Crippen LogP contribution in [0.2, 0.25) is 0 Å². The van der Waals surface area contributed by atoms with E-state index < -0.39 is 5.72 Å². The van der Waals surface area contributed by atoms with Crippen LogP contribution in [-0.2, 0) is 0 Å². The minimum atomic E-state index is -0.546. The lowest BCUT2D eigenvalue weighted by molar-refractivity contribution is 0.0494. The molecule has 1 saturated heterocycles. The van der Waals surface area contributed by atoms with Crippen molar-refractivity contribution in [2.24, 2.45) is 0 Å². The summed E-state index contributed by atoms with van der Waals surface area (Å²) in [5, 5.41) is 4.11. The molecule has 1 N–H and O–H groups in total. The standard InChI is InChI=1S/C18H18N2O2S/c1-18-11-13(12-7-3-5-9-15(12)22-18)19-17(23)20(18)14-8-4-6-10-16(14)21-2/h3-10,13H,11H2,1-2H3,(H,19,23). The molecule has 2 aliphatic heterocycles. The monoisotopic (exact) mass is 326 g/mol. The van der Waals surface area contributed by atoms with Crippen LogP contribution < -0.4 is 19.7 Å². The molecule has 0 aromatic heterocycles. The molecule has 23 heavy (non-hydrogen) atoms. The summed E-state index contributed by atoms with van der Waals surface area (Å²) in [7, 11) is 1.67. The van der Waals surface area contributed by atoms with Crippen LogP contribution in [0.3, 0.4) is 0 Å². The molecular weight excluding hydrogens is 308 g/mol.